The number of anilines is 3. The van der Waals surface area contributed by atoms with E-state index in [2.05, 4.69) is 30.4 Å². The lowest BCUT2D eigenvalue weighted by molar-refractivity contribution is 0.601. The largest absolute Gasteiger partial charge is 0.332 e. The molecule has 0 radical (unpaired) electrons. The molecular weight excluding hydrogens is 386 g/mol. The number of aryl methyl sites for hydroxylation is 1. The van der Waals surface area contributed by atoms with Crippen molar-refractivity contribution >= 4 is 44.8 Å². The summed E-state index contributed by atoms with van der Waals surface area (Å²) in [6.07, 6.45) is 4.75. The number of benzene rings is 1. The number of nitrogens with zero attached hydrogens (tertiary/aromatic N) is 4. The van der Waals surface area contributed by atoms with Crippen LogP contribution in [-0.2, 0) is 16.6 Å². The van der Waals surface area contributed by atoms with Gasteiger partial charge in [-0.15, -0.1) is 0 Å². The second-order valence-corrected chi connectivity index (χ2v) is 7.43. The van der Waals surface area contributed by atoms with Crippen molar-refractivity contribution in [2.45, 2.75) is 18.4 Å². The average Bonchev–Trinajstić information content (AvgIpc) is 3.10. The van der Waals surface area contributed by atoms with Gasteiger partial charge in [0.2, 0.25) is 5.95 Å². The Kier molecular flexibility index (Phi) is 5.62. The van der Waals surface area contributed by atoms with Gasteiger partial charge in [0.05, 0.1) is 4.90 Å². The van der Waals surface area contributed by atoms with E-state index in [1.807, 2.05) is 19.2 Å². The predicted molar refractivity (Wildman–Crippen MR) is 107 cm³/mol. The van der Waals surface area contributed by atoms with E-state index in [0.29, 0.717) is 16.6 Å². The van der Waals surface area contributed by atoms with Crippen molar-refractivity contribution in [3.63, 3.8) is 0 Å². The molecule has 0 amide bonds. The van der Waals surface area contributed by atoms with Crippen LogP contribution >= 0.6 is 12.2 Å². The molecule has 0 bridgehead atoms. The van der Waals surface area contributed by atoms with Crippen molar-refractivity contribution in [2.24, 2.45) is 0 Å². The molecule has 3 rings (SSSR count). The van der Waals surface area contributed by atoms with Crippen molar-refractivity contribution in [1.29, 1.82) is 0 Å². The summed E-state index contributed by atoms with van der Waals surface area (Å²) in [6.45, 7) is 2.75. The number of sulfonamides is 1. The summed E-state index contributed by atoms with van der Waals surface area (Å²) in [5, 5.41) is 10.6. The fourth-order valence-corrected chi connectivity index (χ4v) is 3.31. The second-order valence-electron chi connectivity index (χ2n) is 5.34. The third kappa shape index (κ3) is 4.99. The molecule has 11 heteroatoms. The molecular formula is C16H17N7O2S2. The van der Waals surface area contributed by atoms with E-state index in [1.165, 1.54) is 24.5 Å². The topological polar surface area (TPSA) is 114 Å². The first-order valence-corrected chi connectivity index (χ1v) is 9.87. The maximum atomic E-state index is 12.3. The predicted octanol–water partition coefficient (Wildman–Crippen LogP) is 2.30. The fraction of sp³-hybridized carbons (Fsp3) is 0.125. The maximum Gasteiger partial charge on any atom is 0.264 e. The average molecular weight is 403 g/mol. The van der Waals surface area contributed by atoms with Gasteiger partial charge in [-0.25, -0.2) is 23.1 Å². The lowest BCUT2D eigenvalue weighted by Crippen LogP contribution is -2.19. The number of nitrogens with one attached hydrogen (secondary N) is 3. The van der Waals surface area contributed by atoms with Crippen LogP contribution in [0.2, 0.25) is 0 Å². The van der Waals surface area contributed by atoms with Crippen LogP contribution in [-0.4, -0.2) is 33.3 Å². The van der Waals surface area contributed by atoms with Crippen LogP contribution in [0, 0.1) is 0 Å². The van der Waals surface area contributed by atoms with Gasteiger partial charge in [-0.3, -0.25) is 4.68 Å². The lowest BCUT2D eigenvalue weighted by atomic mass is 10.3. The summed E-state index contributed by atoms with van der Waals surface area (Å²) in [4.78, 5) is 7.78. The molecule has 2 heterocycles. The van der Waals surface area contributed by atoms with Gasteiger partial charge < -0.3 is 10.6 Å². The van der Waals surface area contributed by atoms with Gasteiger partial charge in [-0.2, -0.15) is 5.10 Å². The van der Waals surface area contributed by atoms with Crippen molar-refractivity contribution in [1.82, 2.24) is 19.7 Å². The molecule has 0 unspecified atom stereocenters. The van der Waals surface area contributed by atoms with Gasteiger partial charge in [0.25, 0.3) is 10.0 Å². The van der Waals surface area contributed by atoms with Gasteiger partial charge in [0, 0.05) is 36.9 Å². The van der Waals surface area contributed by atoms with Crippen LogP contribution in [0.4, 0.5) is 17.5 Å². The molecule has 0 aliphatic rings. The molecule has 140 valence electrons. The van der Waals surface area contributed by atoms with Gasteiger partial charge in [-0.05, 0) is 49.5 Å². The maximum absolute atomic E-state index is 12.3. The Morgan fingerprint density at radius 2 is 1.81 bits per heavy atom. The van der Waals surface area contributed by atoms with Crippen LogP contribution in [0.3, 0.4) is 0 Å². The number of thiocarbonyl (C=S) groups is 1. The van der Waals surface area contributed by atoms with Gasteiger partial charge >= 0.3 is 0 Å². The van der Waals surface area contributed by atoms with Crippen LogP contribution in [0.15, 0.2) is 59.9 Å². The highest BCUT2D eigenvalue weighted by Crippen LogP contribution is 2.16. The normalized spacial score (nSPS) is 11.0. The zero-order chi connectivity index (χ0) is 19.3. The number of rotatable bonds is 6. The SMILES string of the molecule is CCn1ccc(NC(=S)Nc2ccc(S(=O)(=O)Nc3ncccn3)cc2)n1. The summed E-state index contributed by atoms with van der Waals surface area (Å²) in [6, 6.07) is 9.55. The Hall–Kier alpha value is -3.05. The summed E-state index contributed by atoms with van der Waals surface area (Å²) in [7, 11) is -3.77. The van der Waals surface area contributed by atoms with Gasteiger partial charge in [-0.1, -0.05) is 0 Å². The van der Waals surface area contributed by atoms with Crippen molar-refractivity contribution < 1.29 is 8.42 Å². The monoisotopic (exact) mass is 403 g/mol. The molecule has 0 atom stereocenters. The van der Waals surface area contributed by atoms with E-state index < -0.39 is 10.0 Å². The third-order valence-electron chi connectivity index (χ3n) is 3.42. The molecule has 0 spiro atoms. The molecule has 0 aliphatic carbocycles. The Morgan fingerprint density at radius 3 is 2.44 bits per heavy atom. The molecule has 9 nitrogen and oxygen atoms in total. The molecule has 2 aromatic heterocycles. The molecule has 27 heavy (non-hydrogen) atoms. The minimum absolute atomic E-state index is 0.0107. The van der Waals surface area contributed by atoms with Crippen molar-refractivity contribution in [3.8, 4) is 0 Å². The molecule has 0 fully saturated rings. The van der Waals surface area contributed by atoms with Crippen LogP contribution < -0.4 is 15.4 Å². The smallest absolute Gasteiger partial charge is 0.264 e. The van der Waals surface area contributed by atoms with Crippen LogP contribution in [0.5, 0.6) is 0 Å². The third-order valence-corrected chi connectivity index (χ3v) is 4.97. The summed E-state index contributed by atoms with van der Waals surface area (Å²) in [5.74, 6) is 0.636. The van der Waals surface area contributed by atoms with E-state index >= 15 is 0 Å². The number of hydrogen-bond acceptors (Lipinski definition) is 6. The molecule has 1 aromatic carbocycles. The summed E-state index contributed by atoms with van der Waals surface area (Å²) < 4.78 is 28.8. The first kappa shape index (κ1) is 18.7. The minimum atomic E-state index is -3.77. The highest BCUT2D eigenvalue weighted by Gasteiger charge is 2.15. The first-order chi connectivity index (χ1) is 13.0. The number of aromatic nitrogens is 4. The Labute approximate surface area is 161 Å². The highest BCUT2D eigenvalue weighted by molar-refractivity contribution is 7.92. The molecule has 0 aliphatic heterocycles. The minimum Gasteiger partial charge on any atom is -0.332 e. The zero-order valence-corrected chi connectivity index (χ0v) is 16.0. The van der Waals surface area contributed by atoms with E-state index in [9.17, 15) is 8.42 Å². The quantitative estimate of drug-likeness (QED) is 0.537. The van der Waals surface area contributed by atoms with E-state index in [4.69, 9.17) is 12.2 Å². The van der Waals surface area contributed by atoms with E-state index in [0.717, 1.165) is 6.54 Å². The summed E-state index contributed by atoms with van der Waals surface area (Å²) >= 11 is 5.24. The van der Waals surface area contributed by atoms with Crippen molar-refractivity contribution in [2.75, 3.05) is 15.4 Å². The highest BCUT2D eigenvalue weighted by atomic mass is 32.2. The van der Waals surface area contributed by atoms with Crippen LogP contribution in [0.1, 0.15) is 6.92 Å². The molecule has 3 N–H and O–H groups in total. The first-order valence-electron chi connectivity index (χ1n) is 7.97. The van der Waals surface area contributed by atoms with E-state index in [1.54, 1.807) is 22.9 Å². The number of hydrogen-bond donors (Lipinski definition) is 3. The molecule has 3 aromatic rings. The Bertz CT molecular complexity index is 1020. The molecule has 0 saturated heterocycles. The van der Waals surface area contributed by atoms with E-state index in [-0.39, 0.29) is 10.8 Å². The summed E-state index contributed by atoms with van der Waals surface area (Å²) in [5.41, 5.74) is 0.636. The second kappa shape index (κ2) is 8.10. The van der Waals surface area contributed by atoms with Crippen LogP contribution in [0.25, 0.3) is 0 Å². The lowest BCUT2D eigenvalue weighted by Gasteiger charge is -2.10. The fourth-order valence-electron chi connectivity index (χ4n) is 2.13. The zero-order valence-electron chi connectivity index (χ0n) is 14.3. The van der Waals surface area contributed by atoms with Gasteiger partial charge in [0.1, 0.15) is 0 Å². The standard InChI is InChI=1S/C16H17N7O2S2/c1-2-23-11-8-14(21-23)20-16(26)19-12-4-6-13(7-5-12)27(24,25)22-15-17-9-3-10-18-15/h3-11H,2H2,1H3,(H,17,18,22)(H2,19,20,21,26). The van der Waals surface area contributed by atoms with Crippen molar-refractivity contribution in [3.05, 3.63) is 55.0 Å². The molecule has 0 saturated carbocycles. The Balaban J connectivity index is 1.63. The van der Waals surface area contributed by atoms with Gasteiger partial charge in [0.15, 0.2) is 10.9 Å². The Morgan fingerprint density at radius 1 is 1.11 bits per heavy atom.